The van der Waals surface area contributed by atoms with E-state index in [0.717, 1.165) is 6.42 Å². The van der Waals surface area contributed by atoms with Gasteiger partial charge in [-0.25, -0.2) is 9.78 Å². The van der Waals surface area contributed by atoms with Gasteiger partial charge in [0.2, 0.25) is 0 Å². The lowest BCUT2D eigenvalue weighted by Gasteiger charge is -2.48. The first kappa shape index (κ1) is 29.0. The molecule has 3 aliphatic rings. The fourth-order valence-corrected chi connectivity index (χ4v) is 7.57. The van der Waals surface area contributed by atoms with Gasteiger partial charge in [-0.2, -0.15) is 5.26 Å². The summed E-state index contributed by atoms with van der Waals surface area (Å²) in [6.45, 7) is 10.1. The van der Waals surface area contributed by atoms with Crippen LogP contribution >= 0.6 is 0 Å². The molecule has 3 saturated carbocycles. The Hall–Kier alpha value is -3.03. The Morgan fingerprint density at radius 3 is 2.59 bits per heavy atom. The van der Waals surface area contributed by atoms with E-state index in [1.807, 2.05) is 33.8 Å². The predicted octanol–water partition coefficient (Wildman–Crippen LogP) is 3.35. The van der Waals surface area contributed by atoms with Crippen molar-refractivity contribution in [1.82, 2.24) is 10.3 Å². The number of nitrogens with one attached hydrogen (secondary N) is 1. The van der Waals surface area contributed by atoms with Crippen molar-refractivity contribution in [3.8, 4) is 6.07 Å². The van der Waals surface area contributed by atoms with Crippen molar-refractivity contribution >= 4 is 23.6 Å². The topological polar surface area (TPSA) is 176 Å². The van der Waals surface area contributed by atoms with Crippen LogP contribution in [0.5, 0.6) is 0 Å². The third-order valence-corrected chi connectivity index (χ3v) is 10.8. The third kappa shape index (κ3) is 4.70. The van der Waals surface area contributed by atoms with Gasteiger partial charge in [0, 0.05) is 17.5 Å². The first-order valence-electron chi connectivity index (χ1n) is 13.8. The highest BCUT2D eigenvalue weighted by molar-refractivity contribution is 6.03. The quantitative estimate of drug-likeness (QED) is 0.448. The number of nitrogens with two attached hydrogens (primary N) is 1. The Morgan fingerprint density at radius 2 is 1.95 bits per heavy atom. The van der Waals surface area contributed by atoms with Gasteiger partial charge >= 0.3 is 6.09 Å². The summed E-state index contributed by atoms with van der Waals surface area (Å²) in [4.78, 5) is 43.2. The zero-order valence-corrected chi connectivity index (χ0v) is 23.4. The summed E-state index contributed by atoms with van der Waals surface area (Å²) in [5.74, 6) is -1.65. The summed E-state index contributed by atoms with van der Waals surface area (Å²) < 4.78 is 6.04. The molecule has 10 heteroatoms. The normalized spacial score (nSPS) is 39.9. The Morgan fingerprint density at radius 1 is 1.26 bits per heavy atom. The zero-order valence-electron chi connectivity index (χ0n) is 23.4. The summed E-state index contributed by atoms with van der Waals surface area (Å²) >= 11 is 0. The van der Waals surface area contributed by atoms with E-state index >= 15 is 0 Å². The van der Waals surface area contributed by atoms with Crippen LogP contribution in [0.2, 0.25) is 0 Å². The highest BCUT2D eigenvalue weighted by Crippen LogP contribution is 2.63. The lowest BCUT2D eigenvalue weighted by molar-refractivity contribution is -0.131. The molecule has 212 valence electrons. The van der Waals surface area contributed by atoms with Crippen LogP contribution in [0.1, 0.15) is 89.1 Å². The number of aromatic nitrogens is 1. The fraction of sp³-hybridized carbons (Fsp3) is 0.690. The van der Waals surface area contributed by atoms with Crippen LogP contribution in [0.15, 0.2) is 12.3 Å². The maximum absolute atomic E-state index is 13.4. The van der Waals surface area contributed by atoms with E-state index in [0.29, 0.717) is 32.1 Å². The number of amides is 2. The molecule has 1 aromatic rings. The highest BCUT2D eigenvalue weighted by Gasteiger charge is 2.64. The number of fused-ring (bicyclic) bond motifs is 1. The fourth-order valence-electron chi connectivity index (χ4n) is 7.57. The number of anilines is 1. The van der Waals surface area contributed by atoms with Crippen molar-refractivity contribution in [1.29, 1.82) is 5.26 Å². The van der Waals surface area contributed by atoms with Gasteiger partial charge in [0.05, 0.1) is 17.2 Å². The van der Waals surface area contributed by atoms with E-state index in [9.17, 15) is 29.9 Å². The molecule has 0 saturated heterocycles. The van der Waals surface area contributed by atoms with Crippen molar-refractivity contribution in [2.24, 2.45) is 34.0 Å². The first-order chi connectivity index (χ1) is 18.2. The molecule has 2 bridgehead atoms. The number of nitrogens with zero attached hydrogens (tertiary/aromatic N) is 2. The molecule has 10 nitrogen and oxygen atoms in total. The standard InChI is InChI=1S/C29H40N4O6/c1-6-27(4)12-21(39-26(38)33-25(37)18-9-17(13-30)24(31)32-14-18)28(5)10-19-22(35)20(34)11-29(19,8-7-15(28)2)16(3)23(27)36/h9,14-16,19-21,23,34,36H,6-8,10-12H2,1-5H3,(H2,31,32)(H,33,37,38)/t15?,16-,19?,20-,21+,23-,27+,28-,29-/m0/s1. The number of hydrogen-bond acceptors (Lipinski definition) is 9. The van der Waals surface area contributed by atoms with E-state index < -0.39 is 52.5 Å². The number of pyridine rings is 1. The van der Waals surface area contributed by atoms with Gasteiger partial charge in [0.15, 0.2) is 5.78 Å². The summed E-state index contributed by atoms with van der Waals surface area (Å²) in [5.41, 5.74) is 3.81. The van der Waals surface area contributed by atoms with Gasteiger partial charge in [-0.05, 0) is 67.3 Å². The molecule has 3 fully saturated rings. The zero-order chi connectivity index (χ0) is 28.9. The molecule has 39 heavy (non-hydrogen) atoms. The average molecular weight is 541 g/mol. The Kier molecular flexibility index (Phi) is 7.56. The van der Waals surface area contributed by atoms with E-state index in [4.69, 9.17) is 10.5 Å². The van der Waals surface area contributed by atoms with E-state index in [-0.39, 0.29) is 34.6 Å². The number of nitriles is 1. The lowest BCUT2D eigenvalue weighted by Crippen LogP contribution is -2.50. The molecular weight excluding hydrogens is 500 g/mol. The number of Topliss-reactive ketones (excluding diaryl/α,β-unsaturated/α-hetero) is 1. The first-order valence-corrected chi connectivity index (χ1v) is 13.8. The average Bonchev–Trinajstić information content (AvgIpc) is 3.08. The van der Waals surface area contributed by atoms with Crippen molar-refractivity contribution < 1.29 is 29.3 Å². The van der Waals surface area contributed by atoms with Crippen molar-refractivity contribution in [3.63, 3.8) is 0 Å². The second-order valence-corrected chi connectivity index (χ2v) is 12.6. The minimum Gasteiger partial charge on any atom is -0.445 e. The smallest absolute Gasteiger partial charge is 0.414 e. The molecule has 5 N–H and O–H groups in total. The second kappa shape index (κ2) is 10.2. The number of carbonyl (C=O) groups excluding carboxylic acids is 3. The van der Waals surface area contributed by atoms with Gasteiger partial charge in [-0.1, -0.05) is 34.6 Å². The minimum atomic E-state index is -1.07. The Balaban J connectivity index is 1.70. The van der Waals surface area contributed by atoms with Gasteiger partial charge in [-0.3, -0.25) is 14.9 Å². The molecule has 9 atom stereocenters. The highest BCUT2D eigenvalue weighted by atomic mass is 16.6. The molecule has 1 heterocycles. The number of ether oxygens (including phenoxy) is 1. The number of imide groups is 1. The largest absolute Gasteiger partial charge is 0.445 e. The van der Waals surface area contributed by atoms with Crippen LogP contribution in [-0.4, -0.2) is 51.3 Å². The van der Waals surface area contributed by atoms with E-state index in [1.54, 1.807) is 0 Å². The predicted molar refractivity (Wildman–Crippen MR) is 142 cm³/mol. The molecule has 1 aromatic heterocycles. The molecule has 4 rings (SSSR count). The SMILES string of the molecule is CC[C@]1(C)C[C@@H](OC(=O)NC(=O)c2cnc(N)c(C#N)c2)[C@@]2(C)CC3C(=O)[C@@H](O)C[C@@]3(CCC2C)[C@@H](C)[C@@H]1O. The molecule has 0 spiro atoms. The van der Waals surface area contributed by atoms with Gasteiger partial charge in [0.1, 0.15) is 24.1 Å². The number of hydrogen-bond donors (Lipinski definition) is 4. The van der Waals surface area contributed by atoms with E-state index in [2.05, 4.69) is 17.2 Å². The van der Waals surface area contributed by atoms with Crippen LogP contribution in [0.3, 0.4) is 0 Å². The maximum Gasteiger partial charge on any atom is 0.414 e. The monoisotopic (exact) mass is 540 g/mol. The van der Waals surface area contributed by atoms with Crippen LogP contribution < -0.4 is 11.1 Å². The minimum absolute atomic E-state index is 0.0146. The number of nitrogen functional groups attached to an aromatic ring is 1. The van der Waals surface area contributed by atoms with Crippen LogP contribution in [0.4, 0.5) is 10.6 Å². The maximum atomic E-state index is 13.4. The van der Waals surface area contributed by atoms with Crippen molar-refractivity contribution in [2.75, 3.05) is 5.73 Å². The summed E-state index contributed by atoms with van der Waals surface area (Å²) in [5, 5.41) is 33.9. The number of alkyl carbamates (subject to hydrolysis) is 1. The van der Waals surface area contributed by atoms with Crippen LogP contribution in [-0.2, 0) is 9.53 Å². The molecule has 0 radical (unpaired) electrons. The number of ketones is 1. The van der Waals surface area contributed by atoms with Gasteiger partial charge in [-0.15, -0.1) is 0 Å². The van der Waals surface area contributed by atoms with Crippen LogP contribution in [0.25, 0.3) is 0 Å². The molecule has 0 aromatic carbocycles. The lowest BCUT2D eigenvalue weighted by atomic mass is 9.59. The second-order valence-electron chi connectivity index (χ2n) is 12.6. The number of carbonyl (C=O) groups is 3. The van der Waals surface area contributed by atoms with Crippen LogP contribution in [0, 0.1) is 45.3 Å². The van der Waals surface area contributed by atoms with Gasteiger partial charge in [0.25, 0.3) is 5.91 Å². The molecule has 3 aliphatic carbocycles. The summed E-state index contributed by atoms with van der Waals surface area (Å²) in [6, 6.07) is 3.11. The number of aliphatic hydroxyl groups excluding tert-OH is 2. The van der Waals surface area contributed by atoms with Crippen molar-refractivity contribution in [2.45, 2.75) is 91.5 Å². The van der Waals surface area contributed by atoms with Crippen molar-refractivity contribution in [3.05, 3.63) is 23.4 Å². The third-order valence-electron chi connectivity index (χ3n) is 10.8. The molecular formula is C29H40N4O6. The number of rotatable bonds is 3. The Bertz CT molecular complexity index is 1210. The van der Waals surface area contributed by atoms with E-state index in [1.165, 1.54) is 12.3 Å². The Labute approximate surface area is 229 Å². The summed E-state index contributed by atoms with van der Waals surface area (Å²) in [6.07, 6.45) is 0.788. The molecule has 2 unspecified atom stereocenters. The molecule has 0 aliphatic heterocycles. The van der Waals surface area contributed by atoms with Gasteiger partial charge < -0.3 is 20.7 Å². The summed E-state index contributed by atoms with van der Waals surface area (Å²) in [7, 11) is 0. The molecule has 2 amide bonds. The number of aliphatic hydroxyl groups is 2.